The summed E-state index contributed by atoms with van der Waals surface area (Å²) in [5, 5.41) is 9.79. The highest BCUT2D eigenvalue weighted by molar-refractivity contribution is 7.89. The fraction of sp³-hybridized carbons (Fsp3) is 0.500. The summed E-state index contributed by atoms with van der Waals surface area (Å²) < 4.78 is 26.4. The van der Waals surface area contributed by atoms with Gasteiger partial charge in [-0.2, -0.15) is 4.31 Å². The van der Waals surface area contributed by atoms with Crippen LogP contribution in [0.5, 0.6) is 0 Å². The van der Waals surface area contributed by atoms with E-state index in [0.717, 1.165) is 0 Å². The second-order valence-corrected chi connectivity index (χ2v) is 7.09. The minimum absolute atomic E-state index is 0.186. The van der Waals surface area contributed by atoms with Crippen molar-refractivity contribution in [3.63, 3.8) is 0 Å². The predicted molar refractivity (Wildman–Crippen MR) is 74.6 cm³/mol. The summed E-state index contributed by atoms with van der Waals surface area (Å²) in [6.45, 7) is 2.34. The maximum Gasteiger partial charge on any atom is 0.243 e. The molecule has 5 nitrogen and oxygen atoms in total. The second-order valence-electron chi connectivity index (χ2n) is 4.77. The van der Waals surface area contributed by atoms with Crippen LogP contribution in [0.1, 0.15) is 18.4 Å². The molecule has 0 aromatic heterocycles. The minimum atomic E-state index is -3.57. The Morgan fingerprint density at radius 1 is 1.37 bits per heavy atom. The molecule has 1 fully saturated rings. The molecule has 0 spiro atoms. The van der Waals surface area contributed by atoms with Crippen molar-refractivity contribution in [3.05, 3.63) is 22.7 Å². The number of nitrogens with zero attached hydrogens (tertiary/aromatic N) is 1. The lowest BCUT2D eigenvalue weighted by Gasteiger charge is -2.29. The van der Waals surface area contributed by atoms with E-state index in [2.05, 4.69) is 0 Å². The molecule has 19 heavy (non-hydrogen) atoms. The average molecular weight is 305 g/mol. The van der Waals surface area contributed by atoms with E-state index in [9.17, 15) is 13.5 Å². The number of piperidine rings is 1. The highest BCUT2D eigenvalue weighted by Gasteiger charge is 2.30. The van der Waals surface area contributed by atoms with Crippen LogP contribution in [0.25, 0.3) is 0 Å². The predicted octanol–water partition coefficient (Wildman–Crippen LogP) is 1.38. The van der Waals surface area contributed by atoms with E-state index < -0.39 is 16.1 Å². The number of nitrogens with two attached hydrogens (primary N) is 1. The monoisotopic (exact) mass is 304 g/mol. The largest absolute Gasteiger partial charge is 0.397 e. The maximum absolute atomic E-state index is 12.5. The molecule has 1 aromatic carbocycles. The van der Waals surface area contributed by atoms with Crippen molar-refractivity contribution < 1.29 is 13.5 Å². The molecule has 106 valence electrons. The molecule has 1 saturated heterocycles. The van der Waals surface area contributed by atoms with Gasteiger partial charge in [-0.25, -0.2) is 8.42 Å². The van der Waals surface area contributed by atoms with Gasteiger partial charge in [0.05, 0.1) is 21.7 Å². The fourth-order valence-electron chi connectivity index (χ4n) is 2.17. The van der Waals surface area contributed by atoms with Crippen molar-refractivity contribution in [2.75, 3.05) is 18.8 Å². The van der Waals surface area contributed by atoms with Gasteiger partial charge >= 0.3 is 0 Å². The number of halogens is 1. The molecule has 0 radical (unpaired) electrons. The summed E-state index contributed by atoms with van der Waals surface area (Å²) in [6.07, 6.45) is 0.505. The van der Waals surface area contributed by atoms with E-state index in [1.165, 1.54) is 10.4 Å². The molecular weight excluding hydrogens is 288 g/mol. The summed E-state index contributed by atoms with van der Waals surface area (Å²) in [4.78, 5) is 0.186. The van der Waals surface area contributed by atoms with Gasteiger partial charge in [0.25, 0.3) is 0 Å². The van der Waals surface area contributed by atoms with Crippen molar-refractivity contribution >= 4 is 27.3 Å². The molecule has 0 aliphatic carbocycles. The number of aliphatic hydroxyl groups excluding tert-OH is 1. The first-order valence-corrected chi connectivity index (χ1v) is 7.88. The normalized spacial score (nSPS) is 18.7. The standard InChI is InChI=1S/C12H17ClN2O3S/c1-8-6-10(13)11(14)7-12(8)19(17,18)15-4-2-9(16)3-5-15/h6-7,9,16H,2-5,14H2,1H3. The lowest BCUT2D eigenvalue weighted by Crippen LogP contribution is -2.40. The van der Waals surface area contributed by atoms with Crippen LogP contribution in [-0.4, -0.2) is 37.0 Å². The van der Waals surface area contributed by atoms with E-state index in [0.29, 0.717) is 36.5 Å². The molecule has 0 unspecified atom stereocenters. The van der Waals surface area contributed by atoms with Gasteiger partial charge in [0, 0.05) is 13.1 Å². The Balaban J connectivity index is 2.37. The van der Waals surface area contributed by atoms with Crippen LogP contribution in [0.2, 0.25) is 5.02 Å². The third kappa shape index (κ3) is 2.86. The first-order valence-electron chi connectivity index (χ1n) is 6.06. The number of aliphatic hydroxyl groups is 1. The molecular formula is C12H17ClN2O3S. The van der Waals surface area contributed by atoms with Gasteiger partial charge in [-0.05, 0) is 37.5 Å². The molecule has 1 heterocycles. The van der Waals surface area contributed by atoms with Gasteiger partial charge in [-0.15, -0.1) is 0 Å². The summed E-state index contributed by atoms with van der Waals surface area (Å²) in [5.41, 5.74) is 6.51. The van der Waals surface area contributed by atoms with E-state index in [1.54, 1.807) is 13.0 Å². The minimum Gasteiger partial charge on any atom is -0.397 e. The summed E-state index contributed by atoms with van der Waals surface area (Å²) in [7, 11) is -3.57. The lowest BCUT2D eigenvalue weighted by atomic mass is 10.1. The van der Waals surface area contributed by atoms with E-state index in [-0.39, 0.29) is 10.6 Å². The van der Waals surface area contributed by atoms with Crippen molar-refractivity contribution in [2.24, 2.45) is 0 Å². The molecule has 7 heteroatoms. The van der Waals surface area contributed by atoms with Crippen molar-refractivity contribution in [3.8, 4) is 0 Å². The number of nitrogen functional groups attached to an aromatic ring is 1. The fourth-order valence-corrected chi connectivity index (χ4v) is 4.10. The summed E-state index contributed by atoms with van der Waals surface area (Å²) in [5.74, 6) is 0. The zero-order valence-corrected chi connectivity index (χ0v) is 12.2. The molecule has 1 aliphatic heterocycles. The number of aryl methyl sites for hydroxylation is 1. The van der Waals surface area contributed by atoms with Crippen LogP contribution in [0.4, 0.5) is 5.69 Å². The van der Waals surface area contributed by atoms with Crippen molar-refractivity contribution in [1.82, 2.24) is 4.31 Å². The zero-order valence-electron chi connectivity index (χ0n) is 10.6. The smallest absolute Gasteiger partial charge is 0.243 e. The summed E-state index contributed by atoms with van der Waals surface area (Å²) >= 11 is 5.87. The van der Waals surface area contributed by atoms with E-state index in [1.807, 2.05) is 0 Å². The van der Waals surface area contributed by atoms with Gasteiger partial charge in [-0.1, -0.05) is 11.6 Å². The Morgan fingerprint density at radius 3 is 2.53 bits per heavy atom. The Morgan fingerprint density at radius 2 is 1.95 bits per heavy atom. The molecule has 0 bridgehead atoms. The number of hydrogen-bond acceptors (Lipinski definition) is 4. The van der Waals surface area contributed by atoms with Gasteiger partial charge in [0.15, 0.2) is 0 Å². The molecule has 0 atom stereocenters. The maximum atomic E-state index is 12.5. The Kier molecular flexibility index (Phi) is 4.06. The Bertz CT molecular complexity index is 581. The van der Waals surface area contributed by atoms with Crippen molar-refractivity contribution in [2.45, 2.75) is 30.8 Å². The Hall–Kier alpha value is -0.820. The molecule has 0 saturated carbocycles. The quantitative estimate of drug-likeness (QED) is 0.809. The van der Waals surface area contributed by atoms with Crippen LogP contribution in [-0.2, 0) is 10.0 Å². The lowest BCUT2D eigenvalue weighted by molar-refractivity contribution is 0.113. The SMILES string of the molecule is Cc1cc(Cl)c(N)cc1S(=O)(=O)N1CCC(O)CC1. The molecule has 0 amide bonds. The van der Waals surface area contributed by atoms with Gasteiger partial charge in [-0.3, -0.25) is 0 Å². The third-order valence-electron chi connectivity index (χ3n) is 3.34. The molecule has 3 N–H and O–H groups in total. The van der Waals surface area contributed by atoms with Gasteiger partial charge in [0.2, 0.25) is 10.0 Å². The second kappa shape index (κ2) is 5.28. The van der Waals surface area contributed by atoms with Crippen molar-refractivity contribution in [1.29, 1.82) is 0 Å². The third-order valence-corrected chi connectivity index (χ3v) is 5.70. The van der Waals surface area contributed by atoms with Crippen LogP contribution < -0.4 is 5.73 Å². The number of rotatable bonds is 2. The highest BCUT2D eigenvalue weighted by Crippen LogP contribution is 2.29. The van der Waals surface area contributed by atoms with Crippen LogP contribution >= 0.6 is 11.6 Å². The first-order chi connectivity index (χ1) is 8.82. The molecule has 2 rings (SSSR count). The number of hydrogen-bond donors (Lipinski definition) is 2. The number of sulfonamides is 1. The summed E-state index contributed by atoms with van der Waals surface area (Å²) in [6, 6.07) is 2.96. The first kappa shape index (κ1) is 14.6. The van der Waals surface area contributed by atoms with Crippen LogP contribution in [0.15, 0.2) is 17.0 Å². The van der Waals surface area contributed by atoms with Crippen LogP contribution in [0.3, 0.4) is 0 Å². The van der Waals surface area contributed by atoms with Crippen LogP contribution in [0, 0.1) is 6.92 Å². The molecule has 1 aliphatic rings. The Labute approximate surface area is 118 Å². The average Bonchev–Trinajstić information content (AvgIpc) is 2.34. The van der Waals surface area contributed by atoms with Gasteiger partial charge in [0.1, 0.15) is 0 Å². The zero-order chi connectivity index (χ0) is 14.2. The number of anilines is 1. The highest BCUT2D eigenvalue weighted by atomic mass is 35.5. The van der Waals surface area contributed by atoms with E-state index >= 15 is 0 Å². The number of benzene rings is 1. The van der Waals surface area contributed by atoms with Gasteiger partial charge < -0.3 is 10.8 Å². The molecule has 1 aromatic rings. The topological polar surface area (TPSA) is 83.6 Å². The van der Waals surface area contributed by atoms with E-state index in [4.69, 9.17) is 17.3 Å².